The van der Waals surface area contributed by atoms with Crippen molar-refractivity contribution in [2.24, 2.45) is 0 Å². The van der Waals surface area contributed by atoms with E-state index in [0.29, 0.717) is 19.3 Å². The summed E-state index contributed by atoms with van der Waals surface area (Å²) in [5.41, 5.74) is 0. The summed E-state index contributed by atoms with van der Waals surface area (Å²) in [6.45, 7) is 6.52. The first-order valence-electron chi connectivity index (χ1n) is 33.9. The predicted octanol–water partition coefficient (Wildman–Crippen LogP) is 23.4. The predicted molar refractivity (Wildman–Crippen MR) is 348 cm³/mol. The van der Waals surface area contributed by atoms with Crippen LogP contribution in [0, 0.1) is 0 Å². The van der Waals surface area contributed by atoms with E-state index in [1.807, 2.05) is 0 Å². The fourth-order valence-corrected chi connectivity index (χ4v) is 9.51. The molecule has 0 rings (SSSR count). The Bertz CT molecular complexity index is 1610. The lowest BCUT2D eigenvalue weighted by atomic mass is 10.0. The average molecular weight is 1110 g/mol. The number of hydrogen-bond acceptors (Lipinski definition) is 6. The Kier molecular flexibility index (Phi) is 64.3. The molecular weight excluding hydrogens is 985 g/mol. The van der Waals surface area contributed by atoms with E-state index < -0.39 is 6.10 Å². The Morgan fingerprint density at radius 3 is 0.762 bits per heavy atom. The smallest absolute Gasteiger partial charge is 0.306 e. The number of unbranched alkanes of at least 4 members (excludes halogenated alkanes) is 32. The number of rotatable bonds is 61. The number of hydrogen-bond donors (Lipinski definition) is 0. The van der Waals surface area contributed by atoms with Crippen LogP contribution in [0.25, 0.3) is 0 Å². The quantitative estimate of drug-likeness (QED) is 0.0261. The van der Waals surface area contributed by atoms with Crippen LogP contribution in [0.1, 0.15) is 323 Å². The molecule has 0 N–H and O–H groups in total. The van der Waals surface area contributed by atoms with E-state index in [1.54, 1.807) is 0 Å². The molecule has 0 saturated heterocycles. The van der Waals surface area contributed by atoms with Crippen molar-refractivity contribution in [3.05, 3.63) is 109 Å². The highest BCUT2D eigenvalue weighted by atomic mass is 16.6. The molecule has 80 heavy (non-hydrogen) atoms. The fraction of sp³-hybridized carbons (Fsp3) is 0.716. The Morgan fingerprint density at radius 1 is 0.263 bits per heavy atom. The second kappa shape index (κ2) is 67.6. The highest BCUT2D eigenvalue weighted by molar-refractivity contribution is 5.71. The number of esters is 3. The maximum atomic E-state index is 12.9. The van der Waals surface area contributed by atoms with Crippen LogP contribution in [0.15, 0.2) is 109 Å². The minimum absolute atomic E-state index is 0.0922. The van der Waals surface area contributed by atoms with Gasteiger partial charge in [-0.1, -0.05) is 329 Å². The molecule has 0 aromatic rings. The first-order chi connectivity index (χ1) is 39.5. The molecule has 0 heterocycles. The van der Waals surface area contributed by atoms with Gasteiger partial charge in [0.05, 0.1) is 0 Å². The Morgan fingerprint density at radius 2 is 0.487 bits per heavy atom. The third-order valence-electron chi connectivity index (χ3n) is 14.5. The molecule has 0 spiro atoms. The van der Waals surface area contributed by atoms with Gasteiger partial charge in [0.2, 0.25) is 0 Å². The lowest BCUT2D eigenvalue weighted by molar-refractivity contribution is -0.167. The van der Waals surface area contributed by atoms with Crippen LogP contribution in [-0.4, -0.2) is 37.2 Å². The number of allylic oxidation sites excluding steroid dienone is 18. The molecular formula is C74H126O6. The molecule has 0 amide bonds. The van der Waals surface area contributed by atoms with Crippen LogP contribution in [-0.2, 0) is 28.6 Å². The van der Waals surface area contributed by atoms with Gasteiger partial charge in [0, 0.05) is 19.3 Å². The average Bonchev–Trinajstić information content (AvgIpc) is 3.46. The summed E-state index contributed by atoms with van der Waals surface area (Å²) in [6, 6.07) is 0. The van der Waals surface area contributed by atoms with Gasteiger partial charge in [-0.05, 0) is 83.5 Å². The molecule has 0 aliphatic rings. The molecule has 0 aromatic carbocycles. The van der Waals surface area contributed by atoms with Crippen molar-refractivity contribution in [3.8, 4) is 0 Å². The summed E-state index contributed by atoms with van der Waals surface area (Å²) < 4.78 is 16.9. The van der Waals surface area contributed by atoms with Crippen molar-refractivity contribution in [1.82, 2.24) is 0 Å². The fourth-order valence-electron chi connectivity index (χ4n) is 9.51. The van der Waals surface area contributed by atoms with Crippen molar-refractivity contribution in [2.75, 3.05) is 13.2 Å². The lowest BCUT2D eigenvalue weighted by Gasteiger charge is -2.18. The summed E-state index contributed by atoms with van der Waals surface area (Å²) >= 11 is 0. The number of carbonyl (C=O) groups is 3. The molecule has 0 saturated carbocycles. The third-order valence-corrected chi connectivity index (χ3v) is 14.5. The normalized spacial score (nSPS) is 12.8. The Hall–Kier alpha value is -3.93. The van der Waals surface area contributed by atoms with Crippen molar-refractivity contribution in [1.29, 1.82) is 0 Å². The van der Waals surface area contributed by atoms with E-state index in [9.17, 15) is 14.4 Å². The maximum absolute atomic E-state index is 12.9. The monoisotopic (exact) mass is 1110 g/mol. The van der Waals surface area contributed by atoms with Crippen LogP contribution >= 0.6 is 0 Å². The van der Waals surface area contributed by atoms with E-state index in [-0.39, 0.29) is 37.5 Å². The van der Waals surface area contributed by atoms with Crippen LogP contribution in [0.2, 0.25) is 0 Å². The lowest BCUT2D eigenvalue weighted by Crippen LogP contribution is -2.30. The van der Waals surface area contributed by atoms with E-state index in [0.717, 1.165) is 103 Å². The van der Waals surface area contributed by atoms with Crippen molar-refractivity contribution in [3.63, 3.8) is 0 Å². The van der Waals surface area contributed by atoms with E-state index >= 15 is 0 Å². The molecule has 0 aliphatic heterocycles. The van der Waals surface area contributed by atoms with Gasteiger partial charge in [0.15, 0.2) is 6.10 Å². The van der Waals surface area contributed by atoms with Crippen LogP contribution < -0.4 is 0 Å². The molecule has 0 aromatic heterocycles. The summed E-state index contributed by atoms with van der Waals surface area (Å²) in [5, 5.41) is 0. The highest BCUT2D eigenvalue weighted by Crippen LogP contribution is 2.17. The minimum Gasteiger partial charge on any atom is -0.462 e. The summed E-state index contributed by atoms with van der Waals surface area (Å²) in [6.07, 6.45) is 92.5. The second-order valence-corrected chi connectivity index (χ2v) is 22.4. The summed E-state index contributed by atoms with van der Waals surface area (Å²) in [7, 11) is 0. The van der Waals surface area contributed by atoms with E-state index in [2.05, 4.69) is 130 Å². The zero-order valence-corrected chi connectivity index (χ0v) is 52.6. The number of carbonyl (C=O) groups excluding carboxylic acids is 3. The highest BCUT2D eigenvalue weighted by Gasteiger charge is 2.19. The second-order valence-electron chi connectivity index (χ2n) is 22.4. The van der Waals surface area contributed by atoms with Gasteiger partial charge in [-0.25, -0.2) is 0 Å². The molecule has 6 nitrogen and oxygen atoms in total. The molecule has 0 bridgehead atoms. The maximum Gasteiger partial charge on any atom is 0.306 e. The van der Waals surface area contributed by atoms with Crippen LogP contribution in [0.5, 0.6) is 0 Å². The molecule has 6 heteroatoms. The zero-order chi connectivity index (χ0) is 57.8. The Labute approximate surface area is 495 Å². The summed E-state index contributed by atoms with van der Waals surface area (Å²) in [5.74, 6) is -0.941. The van der Waals surface area contributed by atoms with E-state index in [1.165, 1.54) is 173 Å². The molecule has 0 aliphatic carbocycles. The van der Waals surface area contributed by atoms with Gasteiger partial charge in [-0.2, -0.15) is 0 Å². The molecule has 1 unspecified atom stereocenters. The van der Waals surface area contributed by atoms with Crippen LogP contribution in [0.3, 0.4) is 0 Å². The molecule has 458 valence electrons. The standard InChI is InChI=1S/C74H126O6/c1-4-7-10-13-16-19-22-25-27-29-31-33-34-35-36-37-38-39-40-41-43-44-46-49-52-55-58-61-64-67-73(76)79-70-71(69-78-72(75)66-63-60-57-54-51-48-24-21-18-15-12-9-6-3)80-74(77)68-65-62-59-56-53-50-47-45-42-32-30-28-26-23-20-17-14-11-8-5-2/h7,10,16,19,25,27,31,33,35-36,38-39,41,43,46,49,55,58,71H,4-6,8-9,11-15,17-18,20-24,26,28-30,32,34,37,40,42,44-45,47-48,50-54,56-57,59-70H2,1-3H3/b10-7-,19-16-,27-25-,33-31-,36-35-,39-38-,43-41-,49-46-,58-55-. The first kappa shape index (κ1) is 76.1. The van der Waals surface area contributed by atoms with Crippen molar-refractivity contribution in [2.45, 2.75) is 329 Å². The van der Waals surface area contributed by atoms with Gasteiger partial charge in [-0.3, -0.25) is 14.4 Å². The Balaban J connectivity index is 4.40. The van der Waals surface area contributed by atoms with E-state index in [4.69, 9.17) is 14.2 Å². The molecule has 0 radical (unpaired) electrons. The largest absolute Gasteiger partial charge is 0.462 e. The van der Waals surface area contributed by atoms with Crippen molar-refractivity contribution >= 4 is 17.9 Å². The van der Waals surface area contributed by atoms with Crippen molar-refractivity contribution < 1.29 is 28.6 Å². The SMILES string of the molecule is CC/C=C\C/C=C\C/C=C\C/C=C\C/C=C\C/C=C\C/C=C\C/C=C\C/C=C\CCCC(=O)OCC(COC(=O)CCCCCCCCCCCCCCC)OC(=O)CCCCCCCCCCCCCCCCCCCCCC. The van der Waals surface area contributed by atoms with Gasteiger partial charge < -0.3 is 14.2 Å². The summed E-state index contributed by atoms with van der Waals surface area (Å²) in [4.78, 5) is 38.3. The van der Waals surface area contributed by atoms with Crippen LogP contribution in [0.4, 0.5) is 0 Å². The van der Waals surface area contributed by atoms with Gasteiger partial charge in [0.1, 0.15) is 13.2 Å². The van der Waals surface area contributed by atoms with Gasteiger partial charge in [-0.15, -0.1) is 0 Å². The zero-order valence-electron chi connectivity index (χ0n) is 52.6. The number of ether oxygens (including phenoxy) is 3. The van der Waals surface area contributed by atoms with Gasteiger partial charge in [0.25, 0.3) is 0 Å². The molecule has 1 atom stereocenters. The van der Waals surface area contributed by atoms with Gasteiger partial charge >= 0.3 is 17.9 Å². The minimum atomic E-state index is -0.801. The first-order valence-corrected chi connectivity index (χ1v) is 33.9. The third kappa shape index (κ3) is 64.9. The molecule has 0 fully saturated rings. The topological polar surface area (TPSA) is 78.9 Å².